The Kier molecular flexibility index (Phi) is 9.77. The molecule has 0 fully saturated rings. The molecule has 0 N–H and O–H groups in total. The normalized spacial score (nSPS) is 13.4. The quantitative estimate of drug-likeness (QED) is 0.127. The van der Waals surface area contributed by atoms with Gasteiger partial charge in [0.1, 0.15) is 0 Å². The molecule has 9 rings (SSSR count). The maximum Gasteiger partial charge on any atom is 0.0579 e. The lowest BCUT2D eigenvalue weighted by molar-refractivity contribution is 0.953. The Morgan fingerprint density at radius 3 is 1.00 bits per heavy atom. The Hall–Kier alpha value is -5.69. The Labute approximate surface area is 353 Å². The fourth-order valence-electron chi connectivity index (χ4n) is 10.9. The molecule has 294 valence electrons. The van der Waals surface area contributed by atoms with Gasteiger partial charge in [-0.1, -0.05) is 162 Å². The van der Waals surface area contributed by atoms with E-state index in [1.165, 1.54) is 89.0 Å². The van der Waals surface area contributed by atoms with Gasteiger partial charge in [-0.3, -0.25) is 0 Å². The van der Waals surface area contributed by atoms with Gasteiger partial charge < -0.3 is 9.80 Å². The fraction of sp³-hybridized carbons (Fsp3) is 0.200. The fourth-order valence-corrected chi connectivity index (χ4v) is 23.9. The summed E-state index contributed by atoms with van der Waals surface area (Å²) < 4.78 is -0.120. The molecule has 4 heteroatoms. The van der Waals surface area contributed by atoms with Crippen LogP contribution in [-0.2, 0) is 17.5 Å². The average molecular weight is 801 g/mol. The molecule has 0 bridgehead atoms. The molecular formula is C55H56N2Si2. The van der Waals surface area contributed by atoms with E-state index in [0.29, 0.717) is 0 Å². The third-order valence-electron chi connectivity index (χ3n) is 13.1. The number of nitrogens with zero attached hydrogens (tertiary/aromatic N) is 2. The summed E-state index contributed by atoms with van der Waals surface area (Å²) in [5.41, 5.74) is 15.8. The van der Waals surface area contributed by atoms with E-state index >= 15 is 0 Å². The lowest BCUT2D eigenvalue weighted by Gasteiger charge is -2.51. The van der Waals surface area contributed by atoms with Crippen LogP contribution in [0.3, 0.4) is 0 Å². The number of benzene rings is 8. The summed E-state index contributed by atoms with van der Waals surface area (Å²) in [6.07, 6.45) is 2.03. The summed E-state index contributed by atoms with van der Waals surface area (Å²) in [6.45, 7) is 20.3. The number of para-hydroxylation sites is 2. The molecule has 0 saturated carbocycles. The van der Waals surface area contributed by atoms with Crippen molar-refractivity contribution in [1.82, 2.24) is 0 Å². The van der Waals surface area contributed by atoms with E-state index in [9.17, 15) is 0 Å². The van der Waals surface area contributed by atoms with Gasteiger partial charge in [-0.25, -0.2) is 0 Å². The first kappa shape index (κ1) is 38.8. The summed E-state index contributed by atoms with van der Waals surface area (Å²) in [4.78, 5) is 5.04. The zero-order valence-electron chi connectivity index (χ0n) is 36.0. The molecule has 0 aliphatic heterocycles. The van der Waals surface area contributed by atoms with Gasteiger partial charge in [0.25, 0.3) is 0 Å². The van der Waals surface area contributed by atoms with E-state index in [1.54, 1.807) is 0 Å². The standard InChI is InChI=1S/C55H56N2Si2/c1-9-39-29-33-43(34-30-39)56(41-21-13-11-14-22-41)51-37-49-53(47-27-19-17-25-45(47)51)54-48-28-20-18-26-46(48)52(38-50(54)55(49,58(3,4)5)59(6,7)8)57(42-23-15-12-16-24-42)44-35-31-40(10-2)32-36-44/h11-38H,9-10H2,1-8H3. The van der Waals surface area contributed by atoms with Crippen LogP contribution in [0.1, 0.15) is 36.1 Å². The first-order valence-corrected chi connectivity index (χ1v) is 28.5. The number of rotatable bonds is 10. The van der Waals surface area contributed by atoms with Crippen LogP contribution in [-0.4, -0.2) is 16.1 Å². The van der Waals surface area contributed by atoms with Crippen molar-refractivity contribution in [3.8, 4) is 11.1 Å². The van der Waals surface area contributed by atoms with Crippen LogP contribution < -0.4 is 9.80 Å². The maximum absolute atomic E-state index is 2.65. The van der Waals surface area contributed by atoms with Gasteiger partial charge >= 0.3 is 0 Å². The number of hydrogen-bond acceptors (Lipinski definition) is 2. The number of hydrogen-bond donors (Lipinski definition) is 0. The number of fused-ring (bicyclic) bond motifs is 7. The molecule has 1 aliphatic carbocycles. The molecule has 59 heavy (non-hydrogen) atoms. The lowest BCUT2D eigenvalue weighted by Crippen LogP contribution is -2.63. The van der Waals surface area contributed by atoms with Crippen molar-refractivity contribution in [3.63, 3.8) is 0 Å². The second kappa shape index (κ2) is 14.8. The maximum atomic E-state index is 2.65. The summed E-state index contributed by atoms with van der Waals surface area (Å²) in [7, 11) is -4.24. The highest BCUT2D eigenvalue weighted by molar-refractivity contribution is 7.00. The van der Waals surface area contributed by atoms with Crippen LogP contribution in [0.4, 0.5) is 34.1 Å². The minimum atomic E-state index is -2.12. The third-order valence-corrected chi connectivity index (χ3v) is 23.1. The van der Waals surface area contributed by atoms with E-state index in [0.717, 1.165) is 12.8 Å². The first-order valence-electron chi connectivity index (χ1n) is 21.5. The van der Waals surface area contributed by atoms with Gasteiger partial charge in [-0.15, -0.1) is 0 Å². The SMILES string of the molecule is CCc1ccc(N(c2ccccc2)c2cc3c(c4ccccc24)-c2c(cc(N(c4ccccc4)c4ccc(CC)cc4)c4ccccc24)C3([Si](C)(C)C)[Si](C)(C)C)cc1. The van der Waals surface area contributed by atoms with Crippen LogP contribution in [0.25, 0.3) is 32.7 Å². The molecule has 1 aliphatic rings. The van der Waals surface area contributed by atoms with Gasteiger partial charge in [0.2, 0.25) is 0 Å². The molecule has 0 radical (unpaired) electrons. The highest BCUT2D eigenvalue weighted by Gasteiger charge is 2.60. The van der Waals surface area contributed by atoms with Gasteiger partial charge in [-0.2, -0.15) is 0 Å². The molecule has 0 heterocycles. The van der Waals surface area contributed by atoms with E-state index in [-0.39, 0.29) is 4.66 Å². The molecule has 0 atom stereocenters. The Morgan fingerprint density at radius 1 is 0.373 bits per heavy atom. The van der Waals surface area contributed by atoms with Crippen LogP contribution in [0, 0.1) is 0 Å². The predicted octanol–water partition coefficient (Wildman–Crippen LogP) is 16.1. The zero-order valence-corrected chi connectivity index (χ0v) is 38.0. The van der Waals surface area contributed by atoms with Gasteiger partial charge in [0, 0.05) is 38.2 Å². The molecule has 8 aromatic carbocycles. The van der Waals surface area contributed by atoms with Crippen LogP contribution in [0.15, 0.2) is 170 Å². The molecular weight excluding hydrogens is 745 g/mol. The van der Waals surface area contributed by atoms with Crippen LogP contribution in [0.2, 0.25) is 39.3 Å². The topological polar surface area (TPSA) is 6.48 Å². The average Bonchev–Trinajstić information content (AvgIpc) is 3.57. The van der Waals surface area contributed by atoms with Gasteiger partial charge in [0.05, 0.1) is 27.5 Å². The monoisotopic (exact) mass is 800 g/mol. The Bertz CT molecular complexity index is 2600. The smallest absolute Gasteiger partial charge is 0.0579 e. The first-order chi connectivity index (χ1) is 28.5. The largest absolute Gasteiger partial charge is 0.310 e. The van der Waals surface area contributed by atoms with Gasteiger partial charge in [0.15, 0.2) is 0 Å². The highest BCUT2D eigenvalue weighted by atomic mass is 28.4. The summed E-state index contributed by atoms with van der Waals surface area (Å²) >= 11 is 0. The van der Waals surface area contributed by atoms with Crippen LogP contribution in [0.5, 0.6) is 0 Å². The van der Waals surface area contributed by atoms with Gasteiger partial charge in [-0.05, 0) is 118 Å². The Morgan fingerprint density at radius 2 is 0.678 bits per heavy atom. The van der Waals surface area contributed by atoms with Crippen molar-refractivity contribution < 1.29 is 0 Å². The third kappa shape index (κ3) is 6.19. The molecule has 0 unspecified atom stereocenters. The van der Waals surface area contributed by atoms with Crippen molar-refractivity contribution in [2.45, 2.75) is 70.6 Å². The predicted molar refractivity (Wildman–Crippen MR) is 262 cm³/mol. The molecule has 0 amide bonds. The molecule has 0 spiro atoms. The summed E-state index contributed by atoms with van der Waals surface area (Å²) in [5, 5.41) is 5.22. The van der Waals surface area contributed by atoms with E-state index in [4.69, 9.17) is 0 Å². The lowest BCUT2D eigenvalue weighted by atomic mass is 9.92. The van der Waals surface area contributed by atoms with Crippen molar-refractivity contribution in [3.05, 3.63) is 192 Å². The van der Waals surface area contributed by atoms with E-state index in [1.807, 2.05) is 0 Å². The van der Waals surface area contributed by atoms with E-state index < -0.39 is 16.1 Å². The highest BCUT2D eigenvalue weighted by Crippen LogP contribution is 2.63. The van der Waals surface area contributed by atoms with Crippen molar-refractivity contribution in [2.75, 3.05) is 9.80 Å². The molecule has 8 aromatic rings. The Balaban J connectivity index is 1.43. The minimum Gasteiger partial charge on any atom is -0.310 e. The summed E-state index contributed by atoms with van der Waals surface area (Å²) in [6, 6.07) is 64.3. The molecule has 0 saturated heterocycles. The second-order valence-corrected chi connectivity index (χ2v) is 29.4. The number of aryl methyl sites for hydroxylation is 2. The van der Waals surface area contributed by atoms with Crippen molar-refractivity contribution >= 4 is 71.8 Å². The van der Waals surface area contributed by atoms with Crippen molar-refractivity contribution in [2.24, 2.45) is 0 Å². The van der Waals surface area contributed by atoms with E-state index in [2.05, 4.69) is 233 Å². The minimum absolute atomic E-state index is 0.120. The summed E-state index contributed by atoms with van der Waals surface area (Å²) in [5.74, 6) is 0. The second-order valence-electron chi connectivity index (χ2n) is 18.4. The molecule has 2 nitrogen and oxygen atoms in total. The number of anilines is 6. The zero-order chi connectivity index (χ0) is 41.1. The van der Waals surface area contributed by atoms with Crippen LogP contribution >= 0.6 is 0 Å². The molecule has 0 aromatic heterocycles. The van der Waals surface area contributed by atoms with Crippen molar-refractivity contribution in [1.29, 1.82) is 0 Å².